The van der Waals surface area contributed by atoms with Gasteiger partial charge in [0.1, 0.15) is 5.76 Å². The molecule has 0 fully saturated rings. The standard InChI is InChI=1S/C7H10OS3/c1-6-7(3-4-8-6)5-10-11-9-2/h3-4H,5H2,1-2H3. The summed E-state index contributed by atoms with van der Waals surface area (Å²) in [5.74, 6) is 2.08. The molecule has 0 atom stereocenters. The van der Waals surface area contributed by atoms with E-state index in [0.29, 0.717) is 0 Å². The van der Waals surface area contributed by atoms with Gasteiger partial charge in [0.15, 0.2) is 0 Å². The first-order valence-electron chi connectivity index (χ1n) is 3.20. The van der Waals surface area contributed by atoms with E-state index in [0.717, 1.165) is 11.5 Å². The van der Waals surface area contributed by atoms with Crippen LogP contribution in [-0.4, -0.2) is 6.26 Å². The van der Waals surface area contributed by atoms with Gasteiger partial charge in [0.2, 0.25) is 0 Å². The Kier molecular flexibility index (Phi) is 4.33. The van der Waals surface area contributed by atoms with Crippen LogP contribution >= 0.6 is 31.4 Å². The molecule has 0 aliphatic carbocycles. The van der Waals surface area contributed by atoms with E-state index in [4.69, 9.17) is 4.42 Å². The molecule has 0 amide bonds. The van der Waals surface area contributed by atoms with Crippen molar-refractivity contribution in [2.75, 3.05) is 6.26 Å². The Hall–Kier alpha value is 0.330. The summed E-state index contributed by atoms with van der Waals surface area (Å²) < 4.78 is 5.17. The van der Waals surface area contributed by atoms with E-state index in [1.165, 1.54) is 5.56 Å². The van der Waals surface area contributed by atoms with Crippen LogP contribution in [0.2, 0.25) is 0 Å². The van der Waals surface area contributed by atoms with Gasteiger partial charge in [-0.15, -0.1) is 0 Å². The second kappa shape index (κ2) is 5.06. The molecule has 0 radical (unpaired) electrons. The summed E-state index contributed by atoms with van der Waals surface area (Å²) in [4.78, 5) is 0. The predicted molar refractivity (Wildman–Crippen MR) is 55.8 cm³/mol. The lowest BCUT2D eigenvalue weighted by Crippen LogP contribution is -1.75. The molecule has 0 spiro atoms. The molecule has 62 valence electrons. The van der Waals surface area contributed by atoms with Crippen molar-refractivity contribution in [1.82, 2.24) is 0 Å². The van der Waals surface area contributed by atoms with Gasteiger partial charge in [-0.05, 0) is 29.1 Å². The van der Waals surface area contributed by atoms with Crippen LogP contribution in [0.5, 0.6) is 0 Å². The lowest BCUT2D eigenvalue weighted by Gasteiger charge is -1.95. The molecule has 1 rings (SSSR count). The largest absolute Gasteiger partial charge is 0.469 e. The third-order valence-corrected chi connectivity index (χ3v) is 5.10. The first kappa shape index (κ1) is 9.42. The first-order chi connectivity index (χ1) is 5.34. The summed E-state index contributed by atoms with van der Waals surface area (Å²) in [7, 11) is 5.43. The molecular formula is C7H10OS3. The molecule has 11 heavy (non-hydrogen) atoms. The van der Waals surface area contributed by atoms with E-state index in [1.54, 1.807) is 26.9 Å². The molecule has 4 heteroatoms. The maximum absolute atomic E-state index is 5.17. The van der Waals surface area contributed by atoms with E-state index in [2.05, 4.69) is 6.26 Å². The fraction of sp³-hybridized carbons (Fsp3) is 0.429. The Morgan fingerprint density at radius 2 is 2.36 bits per heavy atom. The lowest BCUT2D eigenvalue weighted by molar-refractivity contribution is 0.531. The molecule has 0 N–H and O–H groups in total. The predicted octanol–water partition coefficient (Wildman–Crippen LogP) is 3.75. The van der Waals surface area contributed by atoms with Gasteiger partial charge in [-0.25, -0.2) is 0 Å². The van der Waals surface area contributed by atoms with Crippen LogP contribution in [0, 0.1) is 6.92 Å². The van der Waals surface area contributed by atoms with Crippen molar-refractivity contribution in [1.29, 1.82) is 0 Å². The molecule has 0 unspecified atom stereocenters. The van der Waals surface area contributed by atoms with E-state index in [9.17, 15) is 0 Å². The van der Waals surface area contributed by atoms with Gasteiger partial charge >= 0.3 is 0 Å². The SMILES string of the molecule is CSSSCc1ccoc1C. The highest BCUT2D eigenvalue weighted by Gasteiger charge is 2.00. The van der Waals surface area contributed by atoms with Gasteiger partial charge in [-0.2, -0.15) is 0 Å². The number of hydrogen-bond donors (Lipinski definition) is 0. The minimum Gasteiger partial charge on any atom is -0.469 e. The maximum atomic E-state index is 5.17. The smallest absolute Gasteiger partial charge is 0.104 e. The Bertz CT molecular complexity index is 209. The number of rotatable bonds is 4. The highest BCUT2D eigenvalue weighted by molar-refractivity contribution is 9.09. The van der Waals surface area contributed by atoms with Gasteiger partial charge < -0.3 is 4.42 Å². The maximum Gasteiger partial charge on any atom is 0.104 e. The summed E-state index contributed by atoms with van der Waals surface area (Å²) in [6.07, 6.45) is 3.83. The number of hydrogen-bond acceptors (Lipinski definition) is 4. The highest BCUT2D eigenvalue weighted by Crippen LogP contribution is 2.35. The van der Waals surface area contributed by atoms with Gasteiger partial charge in [-0.3, -0.25) is 0 Å². The highest BCUT2D eigenvalue weighted by atomic mass is 33.5. The Balaban J connectivity index is 2.32. The molecular weight excluding hydrogens is 196 g/mol. The Morgan fingerprint density at radius 1 is 1.55 bits per heavy atom. The van der Waals surface area contributed by atoms with Crippen LogP contribution in [0.4, 0.5) is 0 Å². The minimum absolute atomic E-state index is 1.04. The average Bonchev–Trinajstić information content (AvgIpc) is 2.37. The molecule has 1 aromatic rings. The molecule has 1 heterocycles. The van der Waals surface area contributed by atoms with Crippen molar-refractivity contribution in [3.05, 3.63) is 23.7 Å². The second-order valence-electron chi connectivity index (χ2n) is 2.00. The quantitative estimate of drug-likeness (QED) is 0.549. The third kappa shape index (κ3) is 3.05. The molecule has 0 saturated heterocycles. The summed E-state index contributed by atoms with van der Waals surface area (Å²) in [5.41, 5.74) is 1.30. The zero-order valence-corrected chi connectivity index (χ0v) is 8.94. The molecule has 0 bridgehead atoms. The van der Waals surface area contributed by atoms with Crippen molar-refractivity contribution in [3.8, 4) is 0 Å². The number of furan rings is 1. The molecule has 0 aromatic carbocycles. The summed E-state index contributed by atoms with van der Waals surface area (Å²) in [6, 6.07) is 2.03. The fourth-order valence-electron chi connectivity index (χ4n) is 0.697. The summed E-state index contributed by atoms with van der Waals surface area (Å²) in [5, 5.41) is 0. The van der Waals surface area contributed by atoms with Crippen LogP contribution in [-0.2, 0) is 5.75 Å². The van der Waals surface area contributed by atoms with Gasteiger partial charge in [0.25, 0.3) is 0 Å². The zero-order valence-electron chi connectivity index (χ0n) is 6.49. The van der Waals surface area contributed by atoms with E-state index in [1.807, 2.05) is 23.8 Å². The van der Waals surface area contributed by atoms with Gasteiger partial charge in [0, 0.05) is 11.3 Å². The van der Waals surface area contributed by atoms with Crippen molar-refractivity contribution < 1.29 is 4.42 Å². The minimum atomic E-state index is 1.04. The number of aryl methyl sites for hydroxylation is 1. The lowest BCUT2D eigenvalue weighted by atomic mass is 10.3. The molecule has 0 saturated carbocycles. The molecule has 0 aliphatic heterocycles. The monoisotopic (exact) mass is 206 g/mol. The summed E-state index contributed by atoms with van der Waals surface area (Å²) in [6.45, 7) is 2.00. The Labute approximate surface area is 78.5 Å². The van der Waals surface area contributed by atoms with Crippen LogP contribution in [0.15, 0.2) is 16.7 Å². The zero-order chi connectivity index (χ0) is 8.10. The van der Waals surface area contributed by atoms with Crippen LogP contribution in [0.25, 0.3) is 0 Å². The summed E-state index contributed by atoms with van der Waals surface area (Å²) >= 11 is 0. The molecule has 1 aromatic heterocycles. The Morgan fingerprint density at radius 3 is 2.91 bits per heavy atom. The van der Waals surface area contributed by atoms with Gasteiger partial charge in [0.05, 0.1) is 6.26 Å². The van der Waals surface area contributed by atoms with Crippen molar-refractivity contribution in [2.24, 2.45) is 0 Å². The topological polar surface area (TPSA) is 13.1 Å². The van der Waals surface area contributed by atoms with Crippen LogP contribution in [0.1, 0.15) is 11.3 Å². The van der Waals surface area contributed by atoms with Crippen LogP contribution < -0.4 is 0 Å². The van der Waals surface area contributed by atoms with E-state index in [-0.39, 0.29) is 0 Å². The normalized spacial score (nSPS) is 10.4. The molecule has 0 aliphatic rings. The van der Waals surface area contributed by atoms with E-state index < -0.39 is 0 Å². The van der Waals surface area contributed by atoms with Crippen molar-refractivity contribution in [3.63, 3.8) is 0 Å². The first-order valence-corrected chi connectivity index (χ1v) is 7.26. The van der Waals surface area contributed by atoms with Crippen molar-refractivity contribution in [2.45, 2.75) is 12.7 Å². The average molecular weight is 206 g/mol. The third-order valence-electron chi connectivity index (χ3n) is 1.30. The molecule has 1 nitrogen and oxygen atoms in total. The van der Waals surface area contributed by atoms with E-state index >= 15 is 0 Å². The van der Waals surface area contributed by atoms with Crippen LogP contribution in [0.3, 0.4) is 0 Å². The van der Waals surface area contributed by atoms with Gasteiger partial charge in [-0.1, -0.05) is 21.6 Å². The second-order valence-corrected chi connectivity index (χ2v) is 6.33. The fourth-order valence-corrected chi connectivity index (χ4v) is 3.38. The van der Waals surface area contributed by atoms with Crippen molar-refractivity contribution >= 4 is 31.4 Å².